The SMILES string of the molecule is CCOBr.O. The maximum Gasteiger partial charge on any atom is 0.0987 e. The summed E-state index contributed by atoms with van der Waals surface area (Å²) in [5.74, 6) is 0. The average Bonchev–Trinajstić information content (AvgIpc) is 1.37. The molecule has 0 aliphatic carbocycles. The third kappa shape index (κ3) is 12.9. The van der Waals surface area contributed by atoms with Crippen molar-refractivity contribution in [1.29, 1.82) is 0 Å². The molecule has 0 rings (SSSR count). The van der Waals surface area contributed by atoms with Crippen molar-refractivity contribution in [1.82, 2.24) is 0 Å². The molecule has 34 valence electrons. The van der Waals surface area contributed by atoms with E-state index in [0.29, 0.717) is 0 Å². The maximum atomic E-state index is 4.35. The summed E-state index contributed by atoms with van der Waals surface area (Å²) < 4.78 is 4.35. The van der Waals surface area contributed by atoms with Crippen molar-refractivity contribution in [2.24, 2.45) is 0 Å². The zero-order valence-corrected chi connectivity index (χ0v) is 4.58. The first kappa shape index (κ1) is 9.04. The van der Waals surface area contributed by atoms with E-state index in [2.05, 4.69) is 20.1 Å². The Morgan fingerprint density at radius 2 is 2.00 bits per heavy atom. The van der Waals surface area contributed by atoms with Crippen LogP contribution in [0.25, 0.3) is 0 Å². The van der Waals surface area contributed by atoms with Crippen LogP contribution in [0.1, 0.15) is 6.92 Å². The Balaban J connectivity index is 0. The van der Waals surface area contributed by atoms with Gasteiger partial charge in [0.15, 0.2) is 0 Å². The van der Waals surface area contributed by atoms with Crippen LogP contribution in [0.2, 0.25) is 0 Å². The van der Waals surface area contributed by atoms with Crippen LogP contribution >= 0.6 is 16.3 Å². The van der Waals surface area contributed by atoms with E-state index in [1.807, 2.05) is 6.92 Å². The summed E-state index contributed by atoms with van der Waals surface area (Å²) in [4.78, 5) is 0. The summed E-state index contributed by atoms with van der Waals surface area (Å²) in [5, 5.41) is 0. The topological polar surface area (TPSA) is 40.7 Å². The van der Waals surface area contributed by atoms with Crippen LogP contribution < -0.4 is 0 Å². The minimum atomic E-state index is 0. The Morgan fingerprint density at radius 1 is 1.80 bits per heavy atom. The highest BCUT2D eigenvalue weighted by Crippen LogP contribution is 1.76. The van der Waals surface area contributed by atoms with Gasteiger partial charge in [-0.15, -0.1) is 0 Å². The Hall–Kier alpha value is 0.400. The fraction of sp³-hybridized carbons (Fsp3) is 1.00. The Morgan fingerprint density at radius 3 is 2.00 bits per heavy atom. The van der Waals surface area contributed by atoms with E-state index in [1.54, 1.807) is 0 Å². The number of hydrogen-bond donors (Lipinski definition) is 0. The lowest BCUT2D eigenvalue weighted by Crippen LogP contribution is -1.63. The molecule has 0 heterocycles. The van der Waals surface area contributed by atoms with Gasteiger partial charge in [0.05, 0.1) is 22.9 Å². The first-order valence-corrected chi connectivity index (χ1v) is 1.80. The summed E-state index contributed by atoms with van der Waals surface area (Å²) in [6.07, 6.45) is 0. The molecule has 0 spiro atoms. The fourth-order valence-corrected chi connectivity index (χ4v) is 0. The van der Waals surface area contributed by atoms with Crippen molar-refractivity contribution in [2.75, 3.05) is 6.61 Å². The Kier molecular flexibility index (Phi) is 16.0. The second-order valence-electron chi connectivity index (χ2n) is 0.398. The third-order valence-corrected chi connectivity index (χ3v) is 0.567. The van der Waals surface area contributed by atoms with Crippen LogP contribution in [0, 0.1) is 0 Å². The smallest absolute Gasteiger partial charge is 0.0987 e. The molecular weight excluding hydrogens is 136 g/mol. The van der Waals surface area contributed by atoms with Crippen LogP contribution in [0.15, 0.2) is 0 Å². The van der Waals surface area contributed by atoms with Crippen molar-refractivity contribution < 1.29 is 9.30 Å². The summed E-state index contributed by atoms with van der Waals surface area (Å²) in [6, 6.07) is 0. The van der Waals surface area contributed by atoms with Gasteiger partial charge in [-0.2, -0.15) is 0 Å². The number of hydrogen-bond acceptors (Lipinski definition) is 1. The van der Waals surface area contributed by atoms with Crippen LogP contribution in [-0.2, 0) is 3.83 Å². The number of halogens is 1. The normalized spacial score (nSPS) is 6.00. The summed E-state index contributed by atoms with van der Waals surface area (Å²) >= 11 is 2.75. The summed E-state index contributed by atoms with van der Waals surface area (Å²) in [5.41, 5.74) is 0. The molecule has 0 aliphatic heterocycles. The van der Waals surface area contributed by atoms with Gasteiger partial charge in [0, 0.05) is 0 Å². The van der Waals surface area contributed by atoms with Crippen LogP contribution in [0.5, 0.6) is 0 Å². The lowest BCUT2D eigenvalue weighted by Gasteiger charge is -1.71. The summed E-state index contributed by atoms with van der Waals surface area (Å²) in [7, 11) is 0. The molecule has 0 aliphatic rings. The van der Waals surface area contributed by atoms with E-state index in [4.69, 9.17) is 0 Å². The third-order valence-electron chi connectivity index (χ3n) is 0.109. The minimum absolute atomic E-state index is 0. The van der Waals surface area contributed by atoms with Gasteiger partial charge in [0.2, 0.25) is 0 Å². The predicted octanol–water partition coefficient (Wildman–Crippen LogP) is 0.508. The molecule has 0 radical (unpaired) electrons. The van der Waals surface area contributed by atoms with Crippen LogP contribution in [-0.4, -0.2) is 12.1 Å². The highest BCUT2D eigenvalue weighted by molar-refractivity contribution is 9.06. The van der Waals surface area contributed by atoms with Crippen molar-refractivity contribution in [3.05, 3.63) is 0 Å². The van der Waals surface area contributed by atoms with E-state index in [1.165, 1.54) is 0 Å². The Bertz CT molecular complexity index is 9.61. The van der Waals surface area contributed by atoms with E-state index in [-0.39, 0.29) is 5.48 Å². The van der Waals surface area contributed by atoms with Crippen molar-refractivity contribution in [3.63, 3.8) is 0 Å². The predicted molar refractivity (Wildman–Crippen MR) is 24.2 cm³/mol. The van der Waals surface area contributed by atoms with Crippen molar-refractivity contribution in [3.8, 4) is 0 Å². The first-order valence-electron chi connectivity index (χ1n) is 1.15. The minimum Gasteiger partial charge on any atom is -0.412 e. The van der Waals surface area contributed by atoms with Gasteiger partial charge < -0.3 is 9.30 Å². The molecule has 0 aromatic carbocycles. The van der Waals surface area contributed by atoms with Gasteiger partial charge in [-0.25, -0.2) is 0 Å². The molecular formula is C2H7BrO2. The monoisotopic (exact) mass is 142 g/mol. The molecule has 0 aromatic rings. The van der Waals surface area contributed by atoms with Gasteiger partial charge in [0.25, 0.3) is 0 Å². The maximum absolute atomic E-state index is 4.35. The van der Waals surface area contributed by atoms with Gasteiger partial charge >= 0.3 is 0 Å². The second-order valence-corrected chi connectivity index (χ2v) is 0.856. The van der Waals surface area contributed by atoms with Crippen LogP contribution in [0.3, 0.4) is 0 Å². The number of rotatable bonds is 1. The zero-order chi connectivity index (χ0) is 3.41. The lowest BCUT2D eigenvalue weighted by atomic mass is 10.9. The van der Waals surface area contributed by atoms with Crippen LogP contribution in [0.4, 0.5) is 0 Å². The van der Waals surface area contributed by atoms with E-state index >= 15 is 0 Å². The molecule has 0 atom stereocenters. The molecule has 0 unspecified atom stereocenters. The highest BCUT2D eigenvalue weighted by atomic mass is 79.9. The molecule has 0 amide bonds. The Labute approximate surface area is 39.9 Å². The quantitative estimate of drug-likeness (QED) is 0.527. The van der Waals surface area contributed by atoms with Gasteiger partial charge in [0.1, 0.15) is 0 Å². The van der Waals surface area contributed by atoms with E-state index in [0.717, 1.165) is 6.61 Å². The standard InChI is InChI=1S/C2H5BrO.H2O/c1-2-4-3;/h2H2,1H3;1H2. The molecule has 3 heteroatoms. The second kappa shape index (κ2) is 8.83. The van der Waals surface area contributed by atoms with E-state index < -0.39 is 0 Å². The molecule has 0 saturated heterocycles. The van der Waals surface area contributed by atoms with Gasteiger partial charge in [-0.3, -0.25) is 0 Å². The summed E-state index contributed by atoms with van der Waals surface area (Å²) in [6.45, 7) is 2.65. The molecule has 2 N–H and O–H groups in total. The largest absolute Gasteiger partial charge is 0.412 e. The lowest BCUT2D eigenvalue weighted by molar-refractivity contribution is 0.426. The molecule has 2 nitrogen and oxygen atoms in total. The molecule has 5 heavy (non-hydrogen) atoms. The molecule has 0 fully saturated rings. The molecule has 0 bridgehead atoms. The highest BCUT2D eigenvalue weighted by Gasteiger charge is 1.55. The molecule has 0 aromatic heterocycles. The first-order chi connectivity index (χ1) is 1.91. The molecule has 0 saturated carbocycles. The van der Waals surface area contributed by atoms with Crippen molar-refractivity contribution >= 4 is 16.3 Å². The van der Waals surface area contributed by atoms with Gasteiger partial charge in [-0.1, -0.05) is 0 Å². The van der Waals surface area contributed by atoms with E-state index in [9.17, 15) is 0 Å². The fourth-order valence-electron chi connectivity index (χ4n) is 0. The zero-order valence-electron chi connectivity index (χ0n) is 2.99. The van der Waals surface area contributed by atoms with Gasteiger partial charge in [-0.05, 0) is 6.92 Å². The van der Waals surface area contributed by atoms with Crippen molar-refractivity contribution in [2.45, 2.75) is 6.92 Å². The average molecular weight is 143 g/mol.